The molecular formula is C15H10F4N2O2. The van der Waals surface area contributed by atoms with Crippen LogP contribution in [0.5, 0.6) is 11.5 Å². The van der Waals surface area contributed by atoms with Crippen molar-refractivity contribution in [2.75, 3.05) is 18.6 Å². The summed E-state index contributed by atoms with van der Waals surface area (Å²) in [4.78, 5) is 0. The number of ether oxygens (including phenoxy) is 2. The molecule has 1 aliphatic rings. The van der Waals surface area contributed by atoms with Crippen LogP contribution in [0.2, 0.25) is 0 Å². The van der Waals surface area contributed by atoms with Crippen molar-refractivity contribution in [2.45, 2.75) is 0 Å². The lowest BCUT2D eigenvalue weighted by molar-refractivity contribution is 0.171. The van der Waals surface area contributed by atoms with Crippen LogP contribution in [0, 0.1) is 23.3 Å². The monoisotopic (exact) mass is 326 g/mol. The highest BCUT2D eigenvalue weighted by Gasteiger charge is 2.18. The molecular weight excluding hydrogens is 316 g/mol. The zero-order valence-corrected chi connectivity index (χ0v) is 11.6. The van der Waals surface area contributed by atoms with Gasteiger partial charge in [0.15, 0.2) is 34.8 Å². The summed E-state index contributed by atoms with van der Waals surface area (Å²) >= 11 is 0. The molecule has 0 amide bonds. The maximum atomic E-state index is 13.4. The van der Waals surface area contributed by atoms with Crippen molar-refractivity contribution in [1.82, 2.24) is 0 Å². The molecule has 2 aromatic carbocycles. The van der Waals surface area contributed by atoms with Gasteiger partial charge in [0.05, 0.1) is 6.21 Å². The summed E-state index contributed by atoms with van der Waals surface area (Å²) in [5, 5.41) is 3.58. The Kier molecular flexibility index (Phi) is 4.05. The second-order valence-corrected chi connectivity index (χ2v) is 4.62. The van der Waals surface area contributed by atoms with Gasteiger partial charge in [0, 0.05) is 6.07 Å². The van der Waals surface area contributed by atoms with Gasteiger partial charge in [-0.1, -0.05) is 0 Å². The molecule has 23 heavy (non-hydrogen) atoms. The first-order chi connectivity index (χ1) is 11.1. The number of rotatable bonds is 3. The van der Waals surface area contributed by atoms with Crippen LogP contribution in [0.15, 0.2) is 29.4 Å². The van der Waals surface area contributed by atoms with Crippen LogP contribution in [-0.4, -0.2) is 19.4 Å². The number of hydrazone groups is 1. The number of halogens is 4. The zero-order valence-electron chi connectivity index (χ0n) is 11.6. The average Bonchev–Trinajstić information content (AvgIpc) is 2.56. The Labute approximate surface area is 128 Å². The van der Waals surface area contributed by atoms with Crippen molar-refractivity contribution >= 4 is 11.9 Å². The topological polar surface area (TPSA) is 42.9 Å². The Hall–Kier alpha value is -2.77. The molecule has 0 spiro atoms. The maximum Gasteiger partial charge on any atom is 0.186 e. The molecule has 1 heterocycles. The molecule has 4 nitrogen and oxygen atoms in total. The van der Waals surface area contributed by atoms with Crippen LogP contribution >= 0.6 is 0 Å². The van der Waals surface area contributed by atoms with Crippen molar-refractivity contribution < 1.29 is 27.0 Å². The Morgan fingerprint density at radius 3 is 2.26 bits per heavy atom. The quantitative estimate of drug-likeness (QED) is 0.406. The third-order valence-electron chi connectivity index (χ3n) is 3.07. The molecule has 0 saturated carbocycles. The Morgan fingerprint density at radius 1 is 0.913 bits per heavy atom. The van der Waals surface area contributed by atoms with Gasteiger partial charge in [-0.15, -0.1) is 0 Å². The molecule has 1 aliphatic heterocycles. The van der Waals surface area contributed by atoms with Gasteiger partial charge in [-0.3, -0.25) is 5.43 Å². The molecule has 1 N–H and O–H groups in total. The van der Waals surface area contributed by atoms with Crippen LogP contribution in [0.4, 0.5) is 23.2 Å². The largest absolute Gasteiger partial charge is 0.486 e. The van der Waals surface area contributed by atoms with Gasteiger partial charge in [0.2, 0.25) is 0 Å². The van der Waals surface area contributed by atoms with E-state index in [4.69, 9.17) is 9.47 Å². The smallest absolute Gasteiger partial charge is 0.186 e. The number of fused-ring (bicyclic) bond motifs is 1. The van der Waals surface area contributed by atoms with E-state index >= 15 is 0 Å². The van der Waals surface area contributed by atoms with E-state index < -0.39 is 29.0 Å². The average molecular weight is 326 g/mol. The summed E-state index contributed by atoms with van der Waals surface area (Å²) in [6.07, 6.45) is 1.22. The SMILES string of the molecule is Fc1cc(F)c(F)c(NN=Cc2ccc3c(c2)OCCO3)c1F. The Bertz CT molecular complexity index is 754. The molecule has 0 bridgehead atoms. The summed E-state index contributed by atoms with van der Waals surface area (Å²) in [6.45, 7) is 0.858. The minimum Gasteiger partial charge on any atom is -0.486 e. The highest BCUT2D eigenvalue weighted by molar-refractivity contribution is 5.81. The van der Waals surface area contributed by atoms with Crippen LogP contribution in [0.3, 0.4) is 0 Å². The highest BCUT2D eigenvalue weighted by Crippen LogP contribution is 2.30. The predicted molar refractivity (Wildman–Crippen MR) is 74.9 cm³/mol. The third-order valence-corrected chi connectivity index (χ3v) is 3.07. The predicted octanol–water partition coefficient (Wildman–Crippen LogP) is 3.46. The van der Waals surface area contributed by atoms with Crippen LogP contribution < -0.4 is 14.9 Å². The standard InChI is InChI=1S/C15H10F4N2O2/c16-9-6-10(17)14(19)15(13(9)18)21-20-7-8-1-2-11-12(5-8)23-4-3-22-11/h1-2,5-7,21H,3-4H2. The van der Waals surface area contributed by atoms with E-state index in [-0.39, 0.29) is 6.07 Å². The van der Waals surface area contributed by atoms with E-state index in [1.165, 1.54) is 6.21 Å². The summed E-state index contributed by atoms with van der Waals surface area (Å²) < 4.78 is 63.7. The van der Waals surface area contributed by atoms with Crippen molar-refractivity contribution in [1.29, 1.82) is 0 Å². The first kappa shape index (κ1) is 15.1. The summed E-state index contributed by atoms with van der Waals surface area (Å²) in [6, 6.07) is 5.02. The van der Waals surface area contributed by atoms with Crippen molar-refractivity contribution in [3.63, 3.8) is 0 Å². The Morgan fingerprint density at radius 2 is 1.57 bits per heavy atom. The van der Waals surface area contributed by atoms with Gasteiger partial charge >= 0.3 is 0 Å². The van der Waals surface area contributed by atoms with Gasteiger partial charge in [-0.05, 0) is 23.8 Å². The number of anilines is 1. The molecule has 2 aromatic rings. The number of hydrogen-bond donors (Lipinski definition) is 1. The highest BCUT2D eigenvalue weighted by atomic mass is 19.2. The van der Waals surface area contributed by atoms with E-state index in [1.807, 2.05) is 5.43 Å². The van der Waals surface area contributed by atoms with Crippen molar-refractivity contribution in [3.05, 3.63) is 53.1 Å². The molecule has 0 fully saturated rings. The molecule has 0 aliphatic carbocycles. The minimum atomic E-state index is -1.55. The molecule has 120 valence electrons. The molecule has 0 aromatic heterocycles. The lowest BCUT2D eigenvalue weighted by atomic mass is 10.2. The zero-order chi connectivity index (χ0) is 16.4. The lowest BCUT2D eigenvalue weighted by Crippen LogP contribution is -2.15. The molecule has 0 unspecified atom stereocenters. The maximum absolute atomic E-state index is 13.4. The van der Waals surface area contributed by atoms with E-state index in [1.54, 1.807) is 18.2 Å². The fraction of sp³-hybridized carbons (Fsp3) is 0.133. The van der Waals surface area contributed by atoms with Crippen LogP contribution in [0.1, 0.15) is 5.56 Å². The normalized spacial score (nSPS) is 13.4. The van der Waals surface area contributed by atoms with Gasteiger partial charge in [0.25, 0.3) is 0 Å². The van der Waals surface area contributed by atoms with Gasteiger partial charge in [0.1, 0.15) is 18.9 Å². The molecule has 0 atom stereocenters. The van der Waals surface area contributed by atoms with E-state index in [2.05, 4.69) is 5.10 Å². The summed E-state index contributed by atoms with van der Waals surface area (Å²) in [5.41, 5.74) is 1.50. The number of nitrogens with one attached hydrogen (secondary N) is 1. The van der Waals surface area contributed by atoms with E-state index in [9.17, 15) is 17.6 Å². The first-order valence-corrected chi connectivity index (χ1v) is 6.58. The van der Waals surface area contributed by atoms with Crippen molar-refractivity contribution in [3.8, 4) is 11.5 Å². The van der Waals surface area contributed by atoms with Crippen molar-refractivity contribution in [2.24, 2.45) is 5.10 Å². The Balaban J connectivity index is 1.80. The molecule has 0 radical (unpaired) electrons. The van der Waals surface area contributed by atoms with E-state index in [0.29, 0.717) is 30.3 Å². The lowest BCUT2D eigenvalue weighted by Gasteiger charge is -2.18. The second-order valence-electron chi connectivity index (χ2n) is 4.62. The molecule has 3 rings (SSSR count). The summed E-state index contributed by atoms with van der Waals surface area (Å²) in [5.74, 6) is -5.05. The number of benzene rings is 2. The van der Waals surface area contributed by atoms with Crippen LogP contribution in [-0.2, 0) is 0 Å². The molecule has 0 saturated heterocycles. The van der Waals surface area contributed by atoms with Gasteiger partial charge < -0.3 is 9.47 Å². The van der Waals surface area contributed by atoms with Gasteiger partial charge in [-0.25, -0.2) is 17.6 Å². The number of nitrogens with zero attached hydrogens (tertiary/aromatic N) is 1. The number of hydrogen-bond acceptors (Lipinski definition) is 4. The van der Waals surface area contributed by atoms with E-state index in [0.717, 1.165) is 0 Å². The fourth-order valence-electron chi connectivity index (χ4n) is 1.98. The molecule has 8 heteroatoms. The van der Waals surface area contributed by atoms with Crippen LogP contribution in [0.25, 0.3) is 0 Å². The van der Waals surface area contributed by atoms with Gasteiger partial charge in [-0.2, -0.15) is 5.10 Å². The second kappa shape index (κ2) is 6.15. The summed E-state index contributed by atoms with van der Waals surface area (Å²) in [7, 11) is 0. The fourth-order valence-corrected chi connectivity index (χ4v) is 1.98. The first-order valence-electron chi connectivity index (χ1n) is 6.58. The minimum absolute atomic E-state index is 0.125. The third kappa shape index (κ3) is 3.05.